The van der Waals surface area contributed by atoms with Crippen LogP contribution in [0.4, 0.5) is 11.6 Å². The Bertz CT molecular complexity index is 1050. The van der Waals surface area contributed by atoms with E-state index in [1.807, 2.05) is 30.3 Å². The summed E-state index contributed by atoms with van der Waals surface area (Å²) in [4.78, 5) is 27.1. The van der Waals surface area contributed by atoms with Crippen LogP contribution in [0.25, 0.3) is 11.0 Å². The van der Waals surface area contributed by atoms with Crippen molar-refractivity contribution < 1.29 is 9.72 Å². The summed E-state index contributed by atoms with van der Waals surface area (Å²) in [7, 11) is 0. The summed E-state index contributed by atoms with van der Waals surface area (Å²) in [6.07, 6.45) is 0. The van der Waals surface area contributed by atoms with Gasteiger partial charge in [-0.05, 0) is 17.7 Å². The molecule has 2 aromatic carbocycles. The lowest BCUT2D eigenvalue weighted by atomic mass is 9.91. The van der Waals surface area contributed by atoms with E-state index in [1.54, 1.807) is 16.7 Å². The molecule has 0 radical (unpaired) electrons. The molecule has 8 nitrogen and oxygen atoms in total. The van der Waals surface area contributed by atoms with Gasteiger partial charge in [-0.3, -0.25) is 20.2 Å². The lowest BCUT2D eigenvalue weighted by Crippen LogP contribution is -2.37. The summed E-state index contributed by atoms with van der Waals surface area (Å²) in [5.74, 6) is -1.04. The van der Waals surface area contributed by atoms with Gasteiger partial charge in [-0.1, -0.05) is 24.3 Å². The van der Waals surface area contributed by atoms with Gasteiger partial charge < -0.3 is 4.57 Å². The molecule has 1 aromatic heterocycles. The first-order valence-corrected chi connectivity index (χ1v) is 7.52. The first kappa shape index (κ1) is 14.8. The second kappa shape index (κ2) is 5.42. The second-order valence-corrected chi connectivity index (χ2v) is 5.68. The molecule has 0 saturated heterocycles. The molecule has 2 atom stereocenters. The van der Waals surface area contributed by atoms with Crippen LogP contribution in [-0.4, -0.2) is 20.4 Å². The minimum absolute atomic E-state index is 0.0479. The molecule has 0 unspecified atom stereocenters. The number of carbonyl (C=O) groups excluding carboxylic acids is 1. The van der Waals surface area contributed by atoms with E-state index in [9.17, 15) is 20.2 Å². The highest BCUT2D eigenvalue weighted by atomic mass is 16.6. The van der Waals surface area contributed by atoms with Gasteiger partial charge in [0.05, 0.1) is 28.1 Å². The summed E-state index contributed by atoms with van der Waals surface area (Å²) < 4.78 is 1.80. The maximum atomic E-state index is 12.3. The number of rotatable bonds is 2. The third kappa shape index (κ3) is 2.21. The van der Waals surface area contributed by atoms with Crippen LogP contribution < -0.4 is 5.32 Å². The number of nitrogens with one attached hydrogen (secondary N) is 1. The van der Waals surface area contributed by atoms with E-state index in [2.05, 4.69) is 10.3 Å². The van der Waals surface area contributed by atoms with Crippen LogP contribution in [0.3, 0.4) is 0 Å². The van der Waals surface area contributed by atoms with Crippen molar-refractivity contribution in [3.63, 3.8) is 0 Å². The van der Waals surface area contributed by atoms with Gasteiger partial charge in [0.2, 0.25) is 11.9 Å². The zero-order chi connectivity index (χ0) is 17.6. The van der Waals surface area contributed by atoms with Crippen molar-refractivity contribution in [2.75, 3.05) is 5.32 Å². The van der Waals surface area contributed by atoms with Gasteiger partial charge >= 0.3 is 0 Å². The molecule has 1 N–H and O–H groups in total. The Hall–Kier alpha value is -3.73. The van der Waals surface area contributed by atoms with Gasteiger partial charge in [0.1, 0.15) is 0 Å². The number of anilines is 1. The van der Waals surface area contributed by atoms with Gasteiger partial charge in [0.15, 0.2) is 5.92 Å². The quantitative estimate of drug-likeness (QED) is 0.572. The largest absolute Gasteiger partial charge is 0.300 e. The van der Waals surface area contributed by atoms with Gasteiger partial charge in [-0.15, -0.1) is 0 Å². The number of nitro benzene ring substituents is 1. The average molecular weight is 333 g/mol. The number of non-ortho nitro benzene ring substituents is 1. The van der Waals surface area contributed by atoms with Crippen molar-refractivity contribution in [3.05, 3.63) is 64.2 Å². The molecule has 25 heavy (non-hydrogen) atoms. The van der Waals surface area contributed by atoms with Gasteiger partial charge in [-0.2, -0.15) is 5.26 Å². The molecule has 8 heteroatoms. The van der Waals surface area contributed by atoms with Gasteiger partial charge in [0.25, 0.3) is 5.69 Å². The summed E-state index contributed by atoms with van der Waals surface area (Å²) >= 11 is 0. The minimum Gasteiger partial charge on any atom is -0.300 e. The number of hydrogen-bond acceptors (Lipinski definition) is 5. The number of nitro groups is 1. The number of hydrogen-bond donors (Lipinski definition) is 1. The van der Waals surface area contributed by atoms with Gasteiger partial charge in [-0.25, -0.2) is 4.98 Å². The molecular weight excluding hydrogens is 322 g/mol. The molecule has 1 amide bonds. The number of benzene rings is 2. The van der Waals surface area contributed by atoms with Crippen molar-refractivity contribution in [1.29, 1.82) is 5.26 Å². The highest BCUT2D eigenvalue weighted by Crippen LogP contribution is 2.38. The molecule has 1 aliphatic rings. The monoisotopic (exact) mass is 333 g/mol. The zero-order valence-electron chi connectivity index (χ0n) is 12.8. The molecular formula is C17H11N5O3. The Balaban J connectivity index is 1.94. The van der Waals surface area contributed by atoms with E-state index in [1.165, 1.54) is 12.1 Å². The Labute approximate surface area is 141 Å². The molecule has 1 aliphatic heterocycles. The van der Waals surface area contributed by atoms with E-state index in [0.717, 1.165) is 5.52 Å². The first-order chi connectivity index (χ1) is 12.1. The third-order valence-corrected chi connectivity index (χ3v) is 4.29. The highest BCUT2D eigenvalue weighted by Gasteiger charge is 2.38. The minimum atomic E-state index is -0.966. The summed E-state index contributed by atoms with van der Waals surface area (Å²) in [5, 5.41) is 23.0. The molecule has 3 aromatic rings. The van der Waals surface area contributed by atoms with Crippen molar-refractivity contribution in [3.8, 4) is 6.07 Å². The first-order valence-electron chi connectivity index (χ1n) is 7.52. The lowest BCUT2D eigenvalue weighted by molar-refractivity contribution is -0.384. The van der Waals surface area contributed by atoms with Crippen LogP contribution in [0.15, 0.2) is 48.5 Å². The summed E-state index contributed by atoms with van der Waals surface area (Å²) in [6, 6.07) is 14.7. The summed E-state index contributed by atoms with van der Waals surface area (Å²) in [5.41, 5.74) is 2.06. The van der Waals surface area contributed by atoms with E-state index < -0.39 is 22.8 Å². The predicted molar refractivity (Wildman–Crippen MR) is 88.7 cm³/mol. The molecule has 0 bridgehead atoms. The molecule has 0 spiro atoms. The maximum Gasteiger partial charge on any atom is 0.269 e. The molecule has 4 rings (SSSR count). The van der Waals surface area contributed by atoms with Crippen molar-refractivity contribution in [2.24, 2.45) is 5.92 Å². The number of aromatic nitrogens is 2. The predicted octanol–water partition coefficient (Wildman–Crippen LogP) is 2.63. The van der Waals surface area contributed by atoms with E-state index in [0.29, 0.717) is 17.0 Å². The number of fused-ring (bicyclic) bond motifs is 3. The fourth-order valence-corrected chi connectivity index (χ4v) is 3.16. The standard InChI is InChI=1S/C17H11N5O3/c18-9-12-15(10-5-7-11(8-6-10)22(24)25)21-14-4-2-1-3-13(14)19-17(21)20-16(12)23/h1-8,12,15H,(H,19,20,23)/t12-,15-/m0/s1. The van der Waals surface area contributed by atoms with Crippen LogP contribution in [0, 0.1) is 27.4 Å². The normalized spacial score (nSPS) is 19.1. The molecule has 0 saturated carbocycles. The van der Waals surface area contributed by atoms with Crippen LogP contribution in [0.5, 0.6) is 0 Å². The zero-order valence-corrected chi connectivity index (χ0v) is 12.8. The molecule has 2 heterocycles. The number of amides is 1. The third-order valence-electron chi connectivity index (χ3n) is 4.29. The number of nitriles is 1. The summed E-state index contributed by atoms with van der Waals surface area (Å²) in [6.45, 7) is 0. The van der Waals surface area contributed by atoms with Crippen LogP contribution in [0.1, 0.15) is 11.6 Å². The fraction of sp³-hybridized carbons (Fsp3) is 0.118. The maximum absolute atomic E-state index is 12.3. The topological polar surface area (TPSA) is 114 Å². The van der Waals surface area contributed by atoms with E-state index in [-0.39, 0.29) is 5.69 Å². The van der Waals surface area contributed by atoms with Crippen LogP contribution in [0.2, 0.25) is 0 Å². The van der Waals surface area contributed by atoms with E-state index >= 15 is 0 Å². The second-order valence-electron chi connectivity index (χ2n) is 5.68. The van der Waals surface area contributed by atoms with Crippen molar-refractivity contribution >= 4 is 28.6 Å². The lowest BCUT2D eigenvalue weighted by Gasteiger charge is -2.29. The Morgan fingerprint density at radius 2 is 1.92 bits per heavy atom. The number of carbonyl (C=O) groups is 1. The fourth-order valence-electron chi connectivity index (χ4n) is 3.16. The SMILES string of the molecule is N#C[C@@H]1C(=O)Nc2nc3ccccc3n2[C@H]1c1ccc([N+](=O)[O-])cc1. The average Bonchev–Trinajstić information content (AvgIpc) is 2.98. The van der Waals surface area contributed by atoms with Gasteiger partial charge in [0, 0.05) is 12.1 Å². The molecule has 122 valence electrons. The number of imidazole rings is 1. The number of para-hydroxylation sites is 2. The smallest absolute Gasteiger partial charge is 0.269 e. The van der Waals surface area contributed by atoms with Crippen LogP contribution >= 0.6 is 0 Å². The van der Waals surface area contributed by atoms with E-state index in [4.69, 9.17) is 0 Å². The number of nitrogens with zero attached hydrogens (tertiary/aromatic N) is 4. The molecule has 0 fully saturated rings. The van der Waals surface area contributed by atoms with Crippen molar-refractivity contribution in [1.82, 2.24) is 9.55 Å². The Morgan fingerprint density at radius 3 is 2.60 bits per heavy atom. The highest BCUT2D eigenvalue weighted by molar-refractivity contribution is 5.97. The Morgan fingerprint density at radius 1 is 1.20 bits per heavy atom. The molecule has 0 aliphatic carbocycles. The Kier molecular flexibility index (Phi) is 3.22. The van der Waals surface area contributed by atoms with Crippen LogP contribution in [-0.2, 0) is 4.79 Å². The van der Waals surface area contributed by atoms with Crippen molar-refractivity contribution in [2.45, 2.75) is 6.04 Å².